The van der Waals surface area contributed by atoms with E-state index >= 15 is 0 Å². The van der Waals surface area contributed by atoms with E-state index in [1.807, 2.05) is 30.5 Å². The molecule has 0 amide bonds. The van der Waals surface area contributed by atoms with Crippen molar-refractivity contribution in [2.75, 3.05) is 7.11 Å². The number of benzene rings is 4. The van der Waals surface area contributed by atoms with E-state index in [4.69, 9.17) is 9.13 Å². The Morgan fingerprint density at radius 3 is 1.47 bits per heavy atom. The summed E-state index contributed by atoms with van der Waals surface area (Å²) in [6.07, 6.45) is 1.91. The minimum atomic E-state index is -0.452. The molecule has 3 heteroatoms. The van der Waals surface area contributed by atoms with Crippen molar-refractivity contribution in [3.63, 3.8) is 0 Å². The average molecular weight is 410 g/mol. The molecule has 4 aromatic rings. The van der Waals surface area contributed by atoms with Crippen LogP contribution in [-0.2, 0) is 4.75 Å². The molecule has 4 aromatic carbocycles. The SMILES string of the molecule is COc1ccc(/C=N/SC(c2ccccc2)(c2ccccc2)c2ccccc2)cc1. The van der Waals surface area contributed by atoms with Crippen molar-refractivity contribution in [2.24, 2.45) is 4.40 Å². The van der Waals surface area contributed by atoms with Crippen LogP contribution in [0.3, 0.4) is 0 Å². The van der Waals surface area contributed by atoms with Gasteiger partial charge in [0.15, 0.2) is 0 Å². The number of methoxy groups -OCH3 is 1. The maximum Gasteiger partial charge on any atom is 0.118 e. The van der Waals surface area contributed by atoms with Gasteiger partial charge < -0.3 is 4.74 Å². The quantitative estimate of drug-likeness (QED) is 0.191. The number of rotatable bonds is 7. The van der Waals surface area contributed by atoms with E-state index in [1.165, 1.54) is 16.7 Å². The van der Waals surface area contributed by atoms with Crippen molar-refractivity contribution >= 4 is 18.2 Å². The molecule has 0 aromatic heterocycles. The van der Waals surface area contributed by atoms with E-state index in [9.17, 15) is 0 Å². The molecule has 4 rings (SSSR count). The van der Waals surface area contributed by atoms with Crippen LogP contribution in [0, 0.1) is 0 Å². The summed E-state index contributed by atoms with van der Waals surface area (Å²) in [7, 11) is 1.67. The van der Waals surface area contributed by atoms with Crippen molar-refractivity contribution in [2.45, 2.75) is 4.75 Å². The van der Waals surface area contributed by atoms with E-state index in [1.54, 1.807) is 19.1 Å². The largest absolute Gasteiger partial charge is 0.497 e. The molecule has 0 radical (unpaired) electrons. The standard InChI is InChI=1S/C27H23NOS/c1-29-26-19-17-22(18-20-26)21-28-30-27(23-11-5-2-6-12-23,24-13-7-3-8-14-24)25-15-9-4-10-16-25/h2-21H,1H3/b28-21+. The third-order valence-electron chi connectivity index (χ3n) is 5.05. The Balaban J connectivity index is 1.81. The van der Waals surface area contributed by atoms with Crippen molar-refractivity contribution < 1.29 is 4.74 Å². The molecule has 30 heavy (non-hydrogen) atoms. The third kappa shape index (κ3) is 4.17. The summed E-state index contributed by atoms with van der Waals surface area (Å²) < 4.78 is 9.65. The summed E-state index contributed by atoms with van der Waals surface area (Å²) in [6.45, 7) is 0. The molecule has 0 saturated carbocycles. The van der Waals surface area contributed by atoms with Crippen LogP contribution < -0.4 is 4.74 Å². The Morgan fingerprint density at radius 1 is 0.633 bits per heavy atom. The first-order valence-corrected chi connectivity index (χ1v) is 10.6. The van der Waals surface area contributed by atoms with Crippen molar-refractivity contribution in [3.8, 4) is 5.75 Å². The normalized spacial score (nSPS) is 11.5. The van der Waals surface area contributed by atoms with Gasteiger partial charge in [-0.2, -0.15) is 0 Å². The van der Waals surface area contributed by atoms with E-state index in [0.29, 0.717) is 0 Å². The number of hydrogen-bond acceptors (Lipinski definition) is 3. The molecule has 0 atom stereocenters. The summed E-state index contributed by atoms with van der Waals surface area (Å²) in [5.74, 6) is 0.840. The summed E-state index contributed by atoms with van der Waals surface area (Å²) in [5, 5.41) is 0. The molecule has 2 nitrogen and oxygen atoms in total. The van der Waals surface area contributed by atoms with E-state index in [-0.39, 0.29) is 0 Å². The number of nitrogens with zero attached hydrogens (tertiary/aromatic N) is 1. The van der Waals surface area contributed by atoms with E-state index in [2.05, 4.69) is 91.0 Å². The summed E-state index contributed by atoms with van der Waals surface area (Å²) in [5.41, 5.74) is 4.62. The number of hydrogen-bond donors (Lipinski definition) is 0. The van der Waals surface area contributed by atoms with Crippen molar-refractivity contribution in [1.82, 2.24) is 0 Å². The van der Waals surface area contributed by atoms with Gasteiger partial charge in [0.2, 0.25) is 0 Å². The van der Waals surface area contributed by atoms with Gasteiger partial charge in [0.25, 0.3) is 0 Å². The highest BCUT2D eigenvalue weighted by Gasteiger charge is 2.37. The van der Waals surface area contributed by atoms with Gasteiger partial charge in [0.1, 0.15) is 10.5 Å². The molecule has 0 N–H and O–H groups in total. The molecular weight excluding hydrogens is 386 g/mol. The highest BCUT2D eigenvalue weighted by Crippen LogP contribution is 2.48. The predicted molar refractivity (Wildman–Crippen MR) is 127 cm³/mol. The zero-order chi connectivity index (χ0) is 20.7. The highest BCUT2D eigenvalue weighted by atomic mass is 32.2. The summed E-state index contributed by atoms with van der Waals surface area (Å²) >= 11 is 1.57. The van der Waals surface area contributed by atoms with Crippen LogP contribution in [-0.4, -0.2) is 13.3 Å². The maximum absolute atomic E-state index is 5.25. The molecule has 0 bridgehead atoms. The fraction of sp³-hybridized carbons (Fsp3) is 0.0741. The van der Waals surface area contributed by atoms with Gasteiger partial charge in [-0.15, -0.1) is 0 Å². The topological polar surface area (TPSA) is 21.6 Å². The van der Waals surface area contributed by atoms with Gasteiger partial charge in [0, 0.05) is 6.21 Å². The van der Waals surface area contributed by atoms with E-state index < -0.39 is 4.75 Å². The van der Waals surface area contributed by atoms with Crippen LogP contribution >= 0.6 is 11.9 Å². The van der Waals surface area contributed by atoms with Gasteiger partial charge >= 0.3 is 0 Å². The molecule has 0 spiro atoms. The smallest absolute Gasteiger partial charge is 0.118 e. The summed E-state index contributed by atoms with van der Waals surface area (Å²) in [4.78, 5) is 0. The Kier molecular flexibility index (Phi) is 6.31. The van der Waals surface area contributed by atoms with Crippen LogP contribution in [0.2, 0.25) is 0 Å². The Hall–Kier alpha value is -3.30. The Labute approximate surface area is 182 Å². The molecule has 0 aliphatic rings. The molecule has 0 unspecified atom stereocenters. The predicted octanol–water partition coefficient (Wildman–Crippen LogP) is 6.75. The first kappa shape index (κ1) is 20.0. The maximum atomic E-state index is 5.25. The average Bonchev–Trinajstić information content (AvgIpc) is 2.84. The molecule has 0 aliphatic carbocycles. The third-order valence-corrected chi connectivity index (χ3v) is 6.24. The van der Waals surface area contributed by atoms with Gasteiger partial charge in [-0.05, 0) is 58.5 Å². The Bertz CT molecular complexity index is 981. The van der Waals surface area contributed by atoms with Crippen molar-refractivity contribution in [1.29, 1.82) is 0 Å². The lowest BCUT2D eigenvalue weighted by Crippen LogP contribution is -2.24. The first-order chi connectivity index (χ1) is 14.8. The van der Waals surface area contributed by atoms with E-state index in [0.717, 1.165) is 11.3 Å². The fourth-order valence-electron chi connectivity index (χ4n) is 3.53. The second-order valence-corrected chi connectivity index (χ2v) is 7.88. The number of ether oxygens (including phenoxy) is 1. The van der Waals surface area contributed by atoms with Gasteiger partial charge in [-0.25, -0.2) is 4.40 Å². The molecule has 0 fully saturated rings. The van der Waals surface area contributed by atoms with Gasteiger partial charge in [-0.1, -0.05) is 91.0 Å². The zero-order valence-electron chi connectivity index (χ0n) is 16.8. The second kappa shape index (κ2) is 9.47. The molecule has 0 saturated heterocycles. The Morgan fingerprint density at radius 2 is 1.07 bits per heavy atom. The fourth-order valence-corrected chi connectivity index (χ4v) is 4.59. The van der Waals surface area contributed by atoms with Crippen LogP contribution in [0.25, 0.3) is 0 Å². The van der Waals surface area contributed by atoms with Gasteiger partial charge in [-0.3, -0.25) is 0 Å². The summed E-state index contributed by atoms with van der Waals surface area (Å²) in [6, 6.07) is 39.7. The van der Waals surface area contributed by atoms with Crippen LogP contribution in [0.4, 0.5) is 0 Å². The van der Waals surface area contributed by atoms with Crippen LogP contribution in [0.15, 0.2) is 120 Å². The first-order valence-electron chi connectivity index (χ1n) is 9.85. The molecule has 148 valence electrons. The molecular formula is C27H23NOS. The molecule has 0 aliphatic heterocycles. The van der Waals surface area contributed by atoms with Gasteiger partial charge in [0.05, 0.1) is 7.11 Å². The minimum Gasteiger partial charge on any atom is -0.497 e. The lowest BCUT2D eigenvalue weighted by atomic mass is 9.84. The molecule has 0 heterocycles. The lowest BCUT2D eigenvalue weighted by molar-refractivity contribution is 0.415. The lowest BCUT2D eigenvalue weighted by Gasteiger charge is -2.33. The monoisotopic (exact) mass is 409 g/mol. The minimum absolute atomic E-state index is 0.452. The van der Waals surface area contributed by atoms with Crippen LogP contribution in [0.5, 0.6) is 5.75 Å². The zero-order valence-corrected chi connectivity index (χ0v) is 17.6. The highest BCUT2D eigenvalue weighted by molar-refractivity contribution is 7.99. The van der Waals surface area contributed by atoms with Crippen molar-refractivity contribution in [3.05, 3.63) is 138 Å². The van der Waals surface area contributed by atoms with Crippen LogP contribution in [0.1, 0.15) is 22.3 Å². The second-order valence-electron chi connectivity index (χ2n) is 6.88.